The van der Waals surface area contributed by atoms with Gasteiger partial charge >= 0.3 is 0 Å². The van der Waals surface area contributed by atoms with Crippen molar-refractivity contribution in [3.05, 3.63) is 47.8 Å². The Morgan fingerprint density at radius 3 is 2.62 bits per heavy atom. The summed E-state index contributed by atoms with van der Waals surface area (Å²) in [5, 5.41) is 4.03. The lowest BCUT2D eigenvalue weighted by Crippen LogP contribution is -2.40. The number of nitrogens with one attached hydrogen (secondary N) is 1. The minimum atomic E-state index is -0.316. The molecule has 2 aromatic carbocycles. The van der Waals surface area contributed by atoms with E-state index in [0.717, 1.165) is 19.3 Å². The number of hydrogen-bond acceptors (Lipinski definition) is 2. The number of hydrogen-bond donors (Lipinski definition) is 2. The van der Waals surface area contributed by atoms with Gasteiger partial charge in [0.15, 0.2) is 0 Å². The lowest BCUT2D eigenvalue weighted by molar-refractivity contribution is 0.0937. The van der Waals surface area contributed by atoms with E-state index in [2.05, 4.69) is 12.2 Å². The lowest BCUT2D eigenvalue weighted by atomic mass is 10.0. The van der Waals surface area contributed by atoms with Crippen molar-refractivity contribution in [2.45, 2.75) is 32.2 Å². The second-order valence-corrected chi connectivity index (χ2v) is 5.19. The third kappa shape index (κ3) is 3.58. The van der Waals surface area contributed by atoms with Crippen molar-refractivity contribution in [3.8, 4) is 0 Å². The molecule has 112 valence electrons. The number of unbranched alkanes of at least 4 members (excludes halogenated alkanes) is 1. The fourth-order valence-corrected chi connectivity index (χ4v) is 2.42. The average molecular weight is 288 g/mol. The second kappa shape index (κ2) is 7.18. The monoisotopic (exact) mass is 288 g/mol. The zero-order valence-electron chi connectivity index (χ0n) is 12.2. The third-order valence-electron chi connectivity index (χ3n) is 3.64. The maximum atomic E-state index is 13.8. The number of carbonyl (C=O) groups is 1. The maximum absolute atomic E-state index is 13.8. The molecule has 0 heterocycles. The SMILES string of the molecule is CCCCC(CN)NC(=O)c1ccc(F)c2ccccc12. The van der Waals surface area contributed by atoms with Crippen molar-refractivity contribution in [3.63, 3.8) is 0 Å². The molecule has 1 atom stereocenters. The zero-order valence-corrected chi connectivity index (χ0v) is 12.2. The summed E-state index contributed by atoms with van der Waals surface area (Å²) < 4.78 is 13.8. The van der Waals surface area contributed by atoms with Crippen LogP contribution in [0.1, 0.15) is 36.5 Å². The van der Waals surface area contributed by atoms with E-state index >= 15 is 0 Å². The highest BCUT2D eigenvalue weighted by molar-refractivity contribution is 6.07. The van der Waals surface area contributed by atoms with Crippen molar-refractivity contribution in [2.75, 3.05) is 6.54 Å². The van der Waals surface area contributed by atoms with E-state index < -0.39 is 0 Å². The van der Waals surface area contributed by atoms with Crippen LogP contribution in [0.15, 0.2) is 36.4 Å². The molecule has 1 unspecified atom stereocenters. The van der Waals surface area contributed by atoms with Gasteiger partial charge in [0.25, 0.3) is 5.91 Å². The number of nitrogens with two attached hydrogens (primary N) is 1. The molecular weight excluding hydrogens is 267 g/mol. The fourth-order valence-electron chi connectivity index (χ4n) is 2.42. The molecule has 2 aromatic rings. The maximum Gasteiger partial charge on any atom is 0.252 e. The Hall–Kier alpha value is -1.94. The standard InChI is InChI=1S/C17H21FN2O/c1-2-3-6-12(11-19)20-17(21)15-9-10-16(18)14-8-5-4-7-13(14)15/h4-5,7-10,12H,2-3,6,11,19H2,1H3,(H,20,21). The normalized spacial score (nSPS) is 12.3. The molecule has 3 N–H and O–H groups in total. The quantitative estimate of drug-likeness (QED) is 0.857. The van der Waals surface area contributed by atoms with E-state index in [1.807, 2.05) is 0 Å². The van der Waals surface area contributed by atoms with Gasteiger partial charge in [-0.1, -0.05) is 44.0 Å². The number of benzene rings is 2. The minimum absolute atomic E-state index is 0.0405. The number of fused-ring (bicyclic) bond motifs is 1. The van der Waals surface area contributed by atoms with E-state index in [-0.39, 0.29) is 17.8 Å². The van der Waals surface area contributed by atoms with Gasteiger partial charge < -0.3 is 11.1 Å². The predicted octanol–water partition coefficient (Wildman–Crippen LogP) is 3.23. The van der Waals surface area contributed by atoms with Gasteiger partial charge in [-0.15, -0.1) is 0 Å². The van der Waals surface area contributed by atoms with Crippen LogP contribution in [0.3, 0.4) is 0 Å². The molecule has 4 heteroatoms. The third-order valence-corrected chi connectivity index (χ3v) is 3.64. The molecular formula is C17H21FN2O. The molecule has 0 aromatic heterocycles. The first kappa shape index (κ1) is 15.4. The lowest BCUT2D eigenvalue weighted by Gasteiger charge is -2.17. The predicted molar refractivity (Wildman–Crippen MR) is 83.7 cm³/mol. The van der Waals surface area contributed by atoms with Gasteiger partial charge in [0, 0.05) is 23.5 Å². The van der Waals surface area contributed by atoms with Crippen LogP contribution in [0.4, 0.5) is 4.39 Å². The highest BCUT2D eigenvalue weighted by Gasteiger charge is 2.15. The van der Waals surface area contributed by atoms with E-state index in [4.69, 9.17) is 5.73 Å². The van der Waals surface area contributed by atoms with Gasteiger partial charge in [-0.2, -0.15) is 0 Å². The fraction of sp³-hybridized carbons (Fsp3) is 0.353. The molecule has 0 aliphatic carbocycles. The summed E-state index contributed by atoms with van der Waals surface area (Å²) in [6.45, 7) is 2.51. The molecule has 1 amide bonds. The van der Waals surface area contributed by atoms with Crippen LogP contribution in [0.5, 0.6) is 0 Å². The summed E-state index contributed by atoms with van der Waals surface area (Å²) in [4.78, 5) is 12.4. The molecule has 21 heavy (non-hydrogen) atoms. The van der Waals surface area contributed by atoms with Crippen molar-refractivity contribution in [1.82, 2.24) is 5.32 Å². The van der Waals surface area contributed by atoms with Crippen molar-refractivity contribution in [2.24, 2.45) is 5.73 Å². The Morgan fingerprint density at radius 1 is 1.24 bits per heavy atom. The summed E-state index contributed by atoms with van der Waals surface area (Å²) in [5.74, 6) is -0.513. The van der Waals surface area contributed by atoms with Crippen LogP contribution >= 0.6 is 0 Å². The Morgan fingerprint density at radius 2 is 1.95 bits per heavy atom. The number of carbonyl (C=O) groups excluding carboxylic acids is 1. The van der Waals surface area contributed by atoms with E-state index in [0.29, 0.717) is 22.9 Å². The molecule has 3 nitrogen and oxygen atoms in total. The Kier molecular flexibility index (Phi) is 5.28. The molecule has 0 fully saturated rings. The van der Waals surface area contributed by atoms with Crippen LogP contribution in [0.25, 0.3) is 10.8 Å². The molecule has 0 bridgehead atoms. The largest absolute Gasteiger partial charge is 0.348 e. The van der Waals surface area contributed by atoms with Gasteiger partial charge in [0.05, 0.1) is 0 Å². The van der Waals surface area contributed by atoms with Crippen LogP contribution in [-0.4, -0.2) is 18.5 Å². The van der Waals surface area contributed by atoms with Crippen LogP contribution in [0.2, 0.25) is 0 Å². The van der Waals surface area contributed by atoms with Crippen molar-refractivity contribution in [1.29, 1.82) is 0 Å². The van der Waals surface area contributed by atoms with Crippen molar-refractivity contribution >= 4 is 16.7 Å². The highest BCUT2D eigenvalue weighted by Crippen LogP contribution is 2.22. The highest BCUT2D eigenvalue weighted by atomic mass is 19.1. The van der Waals surface area contributed by atoms with Crippen LogP contribution in [0, 0.1) is 5.82 Å². The minimum Gasteiger partial charge on any atom is -0.348 e. The van der Waals surface area contributed by atoms with Crippen molar-refractivity contribution < 1.29 is 9.18 Å². The Bertz CT molecular complexity index is 627. The number of amides is 1. The van der Waals surface area contributed by atoms with Gasteiger partial charge in [-0.05, 0) is 23.9 Å². The summed E-state index contributed by atoms with van der Waals surface area (Å²) in [5.41, 5.74) is 6.19. The summed E-state index contributed by atoms with van der Waals surface area (Å²) in [7, 11) is 0. The second-order valence-electron chi connectivity index (χ2n) is 5.19. The molecule has 0 spiro atoms. The van der Waals surface area contributed by atoms with E-state index in [9.17, 15) is 9.18 Å². The zero-order chi connectivity index (χ0) is 15.2. The summed E-state index contributed by atoms with van der Waals surface area (Å²) >= 11 is 0. The van der Waals surface area contributed by atoms with Gasteiger partial charge in [0.1, 0.15) is 5.82 Å². The molecule has 0 aliphatic heterocycles. The van der Waals surface area contributed by atoms with Gasteiger partial charge in [-0.3, -0.25) is 4.79 Å². The first-order valence-corrected chi connectivity index (χ1v) is 7.35. The van der Waals surface area contributed by atoms with Crippen LogP contribution < -0.4 is 11.1 Å². The topological polar surface area (TPSA) is 55.1 Å². The number of rotatable bonds is 6. The molecule has 0 saturated heterocycles. The summed E-state index contributed by atoms with van der Waals surface area (Å²) in [6, 6.07) is 9.82. The first-order valence-electron chi connectivity index (χ1n) is 7.35. The van der Waals surface area contributed by atoms with Crippen LogP contribution in [-0.2, 0) is 0 Å². The first-order chi connectivity index (χ1) is 10.2. The van der Waals surface area contributed by atoms with Gasteiger partial charge in [-0.25, -0.2) is 4.39 Å². The summed E-state index contributed by atoms with van der Waals surface area (Å²) in [6.07, 6.45) is 2.94. The van der Waals surface area contributed by atoms with E-state index in [1.165, 1.54) is 12.1 Å². The Balaban J connectivity index is 2.25. The van der Waals surface area contributed by atoms with Gasteiger partial charge in [0.2, 0.25) is 0 Å². The average Bonchev–Trinajstić information content (AvgIpc) is 2.51. The van der Waals surface area contributed by atoms with E-state index in [1.54, 1.807) is 24.3 Å². The Labute approximate surface area is 124 Å². The molecule has 0 aliphatic rings. The molecule has 0 radical (unpaired) electrons. The number of halogens is 1. The molecule has 2 rings (SSSR count). The smallest absolute Gasteiger partial charge is 0.252 e. The molecule has 0 saturated carbocycles.